The molecule has 0 saturated carbocycles. The Labute approximate surface area is 158 Å². The van der Waals surface area contributed by atoms with Crippen LogP contribution in [0.25, 0.3) is 0 Å². The predicted octanol–water partition coefficient (Wildman–Crippen LogP) is 4.21. The monoisotopic (exact) mass is 366 g/mol. The molecular weight excluding hydrogens is 348 g/mol. The fourth-order valence-corrected chi connectivity index (χ4v) is 3.04. The topological polar surface area (TPSA) is 42.4 Å². The smallest absolute Gasteiger partial charge is 0.274 e. The summed E-state index contributed by atoms with van der Waals surface area (Å²) in [5.74, 6) is 1.16. The molecule has 1 atom stereocenters. The second-order valence-corrected chi connectivity index (χ2v) is 5.96. The van der Waals surface area contributed by atoms with Crippen LogP contribution >= 0.6 is 12.4 Å². The Balaban J connectivity index is 0.00000196. The number of pyridine rings is 1. The van der Waals surface area contributed by atoms with Crippen molar-refractivity contribution < 1.29 is 9.53 Å². The summed E-state index contributed by atoms with van der Waals surface area (Å²) in [5, 5.41) is 0. The molecule has 0 bridgehead atoms. The van der Waals surface area contributed by atoms with E-state index in [1.54, 1.807) is 11.1 Å². The van der Waals surface area contributed by atoms with Gasteiger partial charge in [0.2, 0.25) is 6.10 Å². The van der Waals surface area contributed by atoms with Crippen molar-refractivity contribution in [2.24, 2.45) is 0 Å². The van der Waals surface area contributed by atoms with Crippen molar-refractivity contribution in [3.05, 3.63) is 90.1 Å². The van der Waals surface area contributed by atoms with Gasteiger partial charge in [0.1, 0.15) is 0 Å². The third kappa shape index (κ3) is 3.55. The minimum Gasteiger partial charge on any atom is -0.472 e. The minimum atomic E-state index is -0.631. The van der Waals surface area contributed by atoms with Crippen LogP contribution in [-0.2, 0) is 11.2 Å². The average molecular weight is 367 g/mol. The molecule has 3 aromatic rings. The highest BCUT2D eigenvalue weighted by atomic mass is 35.5. The maximum absolute atomic E-state index is 13.1. The Hall–Kier alpha value is -2.85. The molecule has 1 aromatic heterocycles. The first-order valence-corrected chi connectivity index (χ1v) is 8.35. The first-order chi connectivity index (χ1) is 12.3. The SMILES string of the molecule is Cl.O=C1C(c2ccccc2)Oc2cccnc2N1CCc1ccccc1. The standard InChI is InChI=1S/C21H18N2O2.ClH/c24-21-19(17-10-5-2-6-11-17)25-18-12-7-14-22-20(18)23(21)15-13-16-8-3-1-4-9-16;/h1-12,14,19H,13,15H2;1H. The highest BCUT2D eigenvalue weighted by molar-refractivity contribution is 5.99. The van der Waals surface area contributed by atoms with E-state index in [-0.39, 0.29) is 18.3 Å². The van der Waals surface area contributed by atoms with E-state index in [2.05, 4.69) is 17.1 Å². The lowest BCUT2D eigenvalue weighted by Crippen LogP contribution is -2.42. The van der Waals surface area contributed by atoms with Crippen LogP contribution in [0.4, 0.5) is 5.82 Å². The number of amides is 1. The van der Waals surface area contributed by atoms with Gasteiger partial charge in [0, 0.05) is 18.3 Å². The van der Waals surface area contributed by atoms with Crippen molar-refractivity contribution in [1.29, 1.82) is 0 Å². The molecule has 0 N–H and O–H groups in total. The van der Waals surface area contributed by atoms with Crippen LogP contribution in [0.3, 0.4) is 0 Å². The normalized spacial score (nSPS) is 15.6. The highest BCUT2D eigenvalue weighted by Crippen LogP contribution is 2.37. The molecule has 4 rings (SSSR count). The van der Waals surface area contributed by atoms with Gasteiger partial charge in [-0.2, -0.15) is 0 Å². The van der Waals surface area contributed by atoms with Gasteiger partial charge >= 0.3 is 0 Å². The van der Waals surface area contributed by atoms with Crippen molar-refractivity contribution in [2.45, 2.75) is 12.5 Å². The van der Waals surface area contributed by atoms with Gasteiger partial charge in [-0.05, 0) is 24.1 Å². The Morgan fingerprint density at radius 2 is 1.62 bits per heavy atom. The van der Waals surface area contributed by atoms with Gasteiger partial charge in [0.25, 0.3) is 5.91 Å². The van der Waals surface area contributed by atoms with Crippen molar-refractivity contribution >= 4 is 24.1 Å². The second kappa shape index (κ2) is 8.02. The third-order valence-electron chi connectivity index (χ3n) is 4.31. The predicted molar refractivity (Wildman–Crippen MR) is 104 cm³/mol. The number of nitrogens with zero attached hydrogens (tertiary/aromatic N) is 2. The molecule has 0 aliphatic carbocycles. The maximum Gasteiger partial charge on any atom is 0.274 e. The molecule has 132 valence electrons. The third-order valence-corrected chi connectivity index (χ3v) is 4.31. The second-order valence-electron chi connectivity index (χ2n) is 5.96. The number of carbonyl (C=O) groups excluding carboxylic acids is 1. The summed E-state index contributed by atoms with van der Waals surface area (Å²) >= 11 is 0. The van der Waals surface area contributed by atoms with Gasteiger partial charge in [-0.25, -0.2) is 4.98 Å². The van der Waals surface area contributed by atoms with Crippen LogP contribution in [0.1, 0.15) is 17.2 Å². The lowest BCUT2D eigenvalue weighted by atomic mass is 10.1. The molecule has 0 spiro atoms. The van der Waals surface area contributed by atoms with Crippen LogP contribution in [-0.4, -0.2) is 17.4 Å². The molecule has 2 heterocycles. The maximum atomic E-state index is 13.1. The fraction of sp³-hybridized carbons (Fsp3) is 0.143. The summed E-state index contributed by atoms with van der Waals surface area (Å²) in [4.78, 5) is 19.2. The number of aromatic nitrogens is 1. The zero-order valence-electron chi connectivity index (χ0n) is 14.1. The van der Waals surface area contributed by atoms with E-state index in [0.717, 1.165) is 12.0 Å². The lowest BCUT2D eigenvalue weighted by Gasteiger charge is -2.33. The first-order valence-electron chi connectivity index (χ1n) is 8.35. The van der Waals surface area contributed by atoms with Gasteiger partial charge < -0.3 is 4.74 Å². The molecule has 1 aliphatic heterocycles. The fourth-order valence-electron chi connectivity index (χ4n) is 3.04. The molecule has 1 aliphatic rings. The van der Waals surface area contributed by atoms with E-state index in [0.29, 0.717) is 18.1 Å². The van der Waals surface area contributed by atoms with Gasteiger partial charge in [-0.1, -0.05) is 60.7 Å². The zero-order valence-corrected chi connectivity index (χ0v) is 14.9. The number of ether oxygens (including phenoxy) is 1. The van der Waals surface area contributed by atoms with E-state index in [1.807, 2.05) is 60.7 Å². The number of hydrogen-bond donors (Lipinski definition) is 0. The number of anilines is 1. The van der Waals surface area contributed by atoms with Crippen molar-refractivity contribution in [1.82, 2.24) is 4.98 Å². The van der Waals surface area contributed by atoms with E-state index in [9.17, 15) is 4.79 Å². The van der Waals surface area contributed by atoms with Crippen LogP contribution in [0.2, 0.25) is 0 Å². The molecule has 1 unspecified atom stereocenters. The lowest BCUT2D eigenvalue weighted by molar-refractivity contribution is -0.126. The Kier molecular flexibility index (Phi) is 5.54. The highest BCUT2D eigenvalue weighted by Gasteiger charge is 2.35. The van der Waals surface area contributed by atoms with E-state index in [4.69, 9.17) is 4.74 Å². The van der Waals surface area contributed by atoms with E-state index >= 15 is 0 Å². The average Bonchev–Trinajstić information content (AvgIpc) is 2.68. The summed E-state index contributed by atoms with van der Waals surface area (Å²) in [7, 11) is 0. The zero-order chi connectivity index (χ0) is 17.1. The van der Waals surface area contributed by atoms with Crippen molar-refractivity contribution in [3.8, 4) is 5.75 Å². The van der Waals surface area contributed by atoms with Crippen LogP contribution in [0.5, 0.6) is 5.75 Å². The number of rotatable bonds is 4. The van der Waals surface area contributed by atoms with Crippen molar-refractivity contribution in [3.63, 3.8) is 0 Å². The summed E-state index contributed by atoms with van der Waals surface area (Å²) in [6.45, 7) is 0.569. The number of hydrogen-bond acceptors (Lipinski definition) is 3. The molecule has 2 aromatic carbocycles. The van der Waals surface area contributed by atoms with Gasteiger partial charge in [0.15, 0.2) is 11.6 Å². The van der Waals surface area contributed by atoms with Gasteiger partial charge in [-0.15, -0.1) is 12.4 Å². The quantitative estimate of drug-likeness (QED) is 0.694. The molecule has 26 heavy (non-hydrogen) atoms. The number of fused-ring (bicyclic) bond motifs is 1. The first kappa shape index (κ1) is 18.0. The Morgan fingerprint density at radius 1 is 0.923 bits per heavy atom. The van der Waals surface area contributed by atoms with Crippen LogP contribution in [0, 0.1) is 0 Å². The number of halogens is 1. The molecule has 0 saturated heterocycles. The molecule has 0 fully saturated rings. The molecule has 0 radical (unpaired) electrons. The van der Waals surface area contributed by atoms with Gasteiger partial charge in [0.05, 0.1) is 0 Å². The molecule has 4 nitrogen and oxygen atoms in total. The Bertz CT molecular complexity index is 871. The van der Waals surface area contributed by atoms with E-state index in [1.165, 1.54) is 5.56 Å². The van der Waals surface area contributed by atoms with E-state index < -0.39 is 6.10 Å². The molecule has 5 heteroatoms. The van der Waals surface area contributed by atoms with Crippen molar-refractivity contribution in [2.75, 3.05) is 11.4 Å². The minimum absolute atomic E-state index is 0. The number of benzene rings is 2. The largest absolute Gasteiger partial charge is 0.472 e. The summed E-state index contributed by atoms with van der Waals surface area (Å²) < 4.78 is 5.96. The molecule has 1 amide bonds. The summed E-state index contributed by atoms with van der Waals surface area (Å²) in [6, 6.07) is 23.4. The van der Waals surface area contributed by atoms with Crippen LogP contribution in [0.15, 0.2) is 79.0 Å². The summed E-state index contributed by atoms with van der Waals surface area (Å²) in [6.07, 6.45) is 1.83. The Morgan fingerprint density at radius 3 is 2.35 bits per heavy atom. The van der Waals surface area contributed by atoms with Crippen LogP contribution < -0.4 is 9.64 Å². The summed E-state index contributed by atoms with van der Waals surface area (Å²) in [5.41, 5.74) is 2.04. The number of carbonyl (C=O) groups is 1. The molecular formula is C21H19ClN2O2. The van der Waals surface area contributed by atoms with Gasteiger partial charge in [-0.3, -0.25) is 9.69 Å².